The molecule has 0 unspecified atom stereocenters. The highest BCUT2D eigenvalue weighted by Crippen LogP contribution is 2.27. The normalized spacial score (nSPS) is 15.6. The third kappa shape index (κ3) is 3.56. The highest BCUT2D eigenvalue weighted by atomic mass is 16.2. The van der Waals surface area contributed by atoms with Crippen molar-refractivity contribution in [1.29, 1.82) is 0 Å². The molecule has 1 aromatic carbocycles. The molecule has 8 nitrogen and oxygen atoms in total. The average Bonchev–Trinajstić information content (AvgIpc) is 3.43. The molecule has 5 rings (SSSR count). The van der Waals surface area contributed by atoms with E-state index in [1.165, 1.54) is 0 Å². The second-order valence-corrected chi connectivity index (χ2v) is 7.63. The molecule has 4 aromatic rings. The first-order chi connectivity index (χ1) is 15.1. The molecule has 4 heterocycles. The smallest absolute Gasteiger partial charge is 0.271 e. The molecule has 0 fully saturated rings. The van der Waals surface area contributed by atoms with Crippen molar-refractivity contribution in [1.82, 2.24) is 29.7 Å². The van der Waals surface area contributed by atoms with Gasteiger partial charge in [-0.1, -0.05) is 24.3 Å². The van der Waals surface area contributed by atoms with Crippen LogP contribution in [0.4, 0.5) is 0 Å². The predicted molar refractivity (Wildman–Crippen MR) is 115 cm³/mol. The van der Waals surface area contributed by atoms with Crippen molar-refractivity contribution < 1.29 is 9.59 Å². The number of hydrogen-bond acceptors (Lipinski definition) is 4. The van der Waals surface area contributed by atoms with Crippen LogP contribution in [0.3, 0.4) is 0 Å². The van der Waals surface area contributed by atoms with E-state index in [0.717, 1.165) is 16.6 Å². The molecule has 1 atom stereocenters. The Hall–Kier alpha value is -3.94. The summed E-state index contributed by atoms with van der Waals surface area (Å²) in [5, 5.41) is 3.85. The third-order valence-corrected chi connectivity index (χ3v) is 5.64. The van der Waals surface area contributed by atoms with Crippen molar-refractivity contribution in [2.75, 3.05) is 6.54 Å². The summed E-state index contributed by atoms with van der Waals surface area (Å²) in [7, 11) is 0. The number of fused-ring (bicyclic) bond motifs is 2. The molecule has 8 heteroatoms. The van der Waals surface area contributed by atoms with Gasteiger partial charge >= 0.3 is 0 Å². The van der Waals surface area contributed by atoms with Gasteiger partial charge in [0.2, 0.25) is 0 Å². The number of rotatable bonds is 4. The minimum Gasteiger partial charge on any atom is -0.351 e. The van der Waals surface area contributed by atoms with Gasteiger partial charge in [0.25, 0.3) is 11.8 Å². The van der Waals surface area contributed by atoms with Gasteiger partial charge in [0, 0.05) is 36.4 Å². The lowest BCUT2D eigenvalue weighted by Crippen LogP contribution is -2.41. The molecular weight excluding hydrogens is 392 g/mol. The number of imidazole rings is 1. The Labute approximate surface area is 178 Å². The Morgan fingerprint density at radius 1 is 1.16 bits per heavy atom. The van der Waals surface area contributed by atoms with Crippen LogP contribution in [0.1, 0.15) is 45.5 Å². The summed E-state index contributed by atoms with van der Waals surface area (Å²) in [6.07, 6.45) is 3.45. The quantitative estimate of drug-likeness (QED) is 0.537. The van der Waals surface area contributed by atoms with E-state index in [2.05, 4.69) is 20.3 Å². The van der Waals surface area contributed by atoms with Crippen LogP contribution in [0, 0.1) is 0 Å². The van der Waals surface area contributed by atoms with Crippen LogP contribution in [-0.2, 0) is 13.1 Å². The Morgan fingerprint density at radius 3 is 2.81 bits per heavy atom. The SMILES string of the molecule is C[C@@H]1c2nc(C(=O)NCc3ccccn3)cn2CCN1C(=O)c1cc2ccccc2[nH]1. The zero-order chi connectivity index (χ0) is 21.4. The molecule has 31 heavy (non-hydrogen) atoms. The van der Waals surface area contributed by atoms with E-state index in [0.29, 0.717) is 36.8 Å². The van der Waals surface area contributed by atoms with Crippen LogP contribution in [0.15, 0.2) is 60.9 Å². The minimum absolute atomic E-state index is 0.0703. The Kier molecular flexibility index (Phi) is 4.74. The Balaban J connectivity index is 1.32. The van der Waals surface area contributed by atoms with Crippen LogP contribution in [0.5, 0.6) is 0 Å². The number of carbonyl (C=O) groups excluding carboxylic acids is 2. The zero-order valence-corrected chi connectivity index (χ0v) is 17.1. The van der Waals surface area contributed by atoms with Crippen molar-refractivity contribution in [3.05, 3.63) is 83.8 Å². The first-order valence-corrected chi connectivity index (χ1v) is 10.2. The van der Waals surface area contributed by atoms with Gasteiger partial charge in [0.05, 0.1) is 18.3 Å². The maximum absolute atomic E-state index is 13.2. The van der Waals surface area contributed by atoms with Crippen LogP contribution in [-0.4, -0.2) is 42.8 Å². The number of carbonyl (C=O) groups is 2. The topological polar surface area (TPSA) is 95.9 Å². The number of amides is 2. The van der Waals surface area contributed by atoms with Gasteiger partial charge in [-0.05, 0) is 31.2 Å². The molecule has 1 aliphatic rings. The molecule has 156 valence electrons. The second kappa shape index (κ2) is 7.71. The maximum atomic E-state index is 13.2. The maximum Gasteiger partial charge on any atom is 0.271 e. The first-order valence-electron chi connectivity index (χ1n) is 10.2. The summed E-state index contributed by atoms with van der Waals surface area (Å²) in [6.45, 7) is 3.41. The van der Waals surface area contributed by atoms with Gasteiger partial charge in [0.1, 0.15) is 17.2 Å². The monoisotopic (exact) mass is 414 g/mol. The van der Waals surface area contributed by atoms with Crippen LogP contribution >= 0.6 is 0 Å². The molecule has 0 bridgehead atoms. The van der Waals surface area contributed by atoms with Crippen LogP contribution in [0.2, 0.25) is 0 Å². The van der Waals surface area contributed by atoms with E-state index < -0.39 is 0 Å². The van der Waals surface area contributed by atoms with Gasteiger partial charge < -0.3 is 19.8 Å². The predicted octanol–water partition coefficient (Wildman–Crippen LogP) is 2.91. The summed E-state index contributed by atoms with van der Waals surface area (Å²) in [4.78, 5) is 39.5. The summed E-state index contributed by atoms with van der Waals surface area (Å²) in [6, 6.07) is 15.0. The summed E-state index contributed by atoms with van der Waals surface area (Å²) in [5.41, 5.74) is 2.62. The molecule has 0 spiro atoms. The lowest BCUT2D eigenvalue weighted by molar-refractivity contribution is 0.0632. The minimum atomic E-state index is -0.256. The zero-order valence-electron chi connectivity index (χ0n) is 17.1. The molecule has 0 aliphatic carbocycles. The number of benzene rings is 1. The lowest BCUT2D eigenvalue weighted by Gasteiger charge is -2.33. The standard InChI is InChI=1S/C23H22N6O2/c1-15-21-27-20(22(30)25-13-17-7-4-5-9-24-17)14-28(21)10-11-29(15)23(31)19-12-16-6-2-3-8-18(16)26-19/h2-9,12,14-15,26H,10-11,13H2,1H3,(H,25,30)/t15-/m1/s1. The summed E-state index contributed by atoms with van der Waals surface area (Å²) >= 11 is 0. The molecule has 3 aromatic heterocycles. The first kappa shape index (κ1) is 19.0. The highest BCUT2D eigenvalue weighted by molar-refractivity contribution is 5.98. The fraction of sp³-hybridized carbons (Fsp3) is 0.217. The van der Waals surface area contributed by atoms with Gasteiger partial charge in [0.15, 0.2) is 0 Å². The number of para-hydroxylation sites is 1. The van der Waals surface area contributed by atoms with Gasteiger partial charge in [-0.25, -0.2) is 4.98 Å². The van der Waals surface area contributed by atoms with E-state index in [1.807, 2.05) is 60.0 Å². The van der Waals surface area contributed by atoms with E-state index in [4.69, 9.17) is 0 Å². The Bertz CT molecular complexity index is 1230. The largest absolute Gasteiger partial charge is 0.351 e. The Morgan fingerprint density at radius 2 is 2.00 bits per heavy atom. The average molecular weight is 414 g/mol. The molecule has 0 saturated carbocycles. The molecular formula is C23H22N6O2. The van der Waals surface area contributed by atoms with E-state index in [-0.39, 0.29) is 17.9 Å². The van der Waals surface area contributed by atoms with Crippen LogP contribution in [0.25, 0.3) is 10.9 Å². The van der Waals surface area contributed by atoms with Gasteiger partial charge in [-0.15, -0.1) is 0 Å². The number of nitrogens with one attached hydrogen (secondary N) is 2. The highest BCUT2D eigenvalue weighted by Gasteiger charge is 2.31. The van der Waals surface area contributed by atoms with E-state index in [1.54, 1.807) is 17.3 Å². The molecule has 0 radical (unpaired) electrons. The summed E-state index contributed by atoms with van der Waals surface area (Å²) < 4.78 is 1.95. The van der Waals surface area contributed by atoms with Crippen molar-refractivity contribution in [2.45, 2.75) is 26.1 Å². The number of pyridine rings is 1. The number of H-pyrrole nitrogens is 1. The van der Waals surface area contributed by atoms with Crippen molar-refractivity contribution in [2.24, 2.45) is 0 Å². The molecule has 2 N–H and O–H groups in total. The molecule has 0 saturated heterocycles. The van der Waals surface area contributed by atoms with Crippen molar-refractivity contribution in [3.63, 3.8) is 0 Å². The van der Waals surface area contributed by atoms with Gasteiger partial charge in [-0.2, -0.15) is 0 Å². The van der Waals surface area contributed by atoms with Crippen molar-refractivity contribution >= 4 is 22.7 Å². The van der Waals surface area contributed by atoms with E-state index >= 15 is 0 Å². The fourth-order valence-electron chi connectivity index (χ4n) is 3.99. The summed E-state index contributed by atoms with van der Waals surface area (Å²) in [5.74, 6) is 0.381. The number of nitrogens with zero attached hydrogens (tertiary/aromatic N) is 4. The fourth-order valence-corrected chi connectivity index (χ4v) is 3.99. The number of aromatic amines is 1. The lowest BCUT2D eigenvalue weighted by atomic mass is 10.2. The molecule has 2 amide bonds. The number of hydrogen-bond donors (Lipinski definition) is 2. The van der Waals surface area contributed by atoms with Gasteiger partial charge in [-0.3, -0.25) is 14.6 Å². The number of aromatic nitrogens is 4. The van der Waals surface area contributed by atoms with Crippen LogP contribution < -0.4 is 5.32 Å². The van der Waals surface area contributed by atoms with E-state index in [9.17, 15) is 9.59 Å². The third-order valence-electron chi connectivity index (χ3n) is 5.64. The second-order valence-electron chi connectivity index (χ2n) is 7.63. The van der Waals surface area contributed by atoms with Crippen molar-refractivity contribution in [3.8, 4) is 0 Å². The molecule has 1 aliphatic heterocycles.